The first-order valence-electron chi connectivity index (χ1n) is 47.8. The Morgan fingerprint density at radius 1 is 0.439 bits per heavy atom. The Hall–Kier alpha value is -17.9. The number of nitrogen functional groups attached to an aromatic ring is 1. The number of anilines is 9. The van der Waals surface area contributed by atoms with Crippen molar-refractivity contribution in [3.63, 3.8) is 0 Å². The number of aromatic nitrogens is 16. The number of esters is 2. The zero-order valence-electron chi connectivity index (χ0n) is 82.8. The van der Waals surface area contributed by atoms with Crippen LogP contribution in [0.15, 0.2) is 185 Å². The molecule has 10 N–H and O–H groups in total. The predicted molar refractivity (Wildman–Crippen MR) is 544 cm³/mol. The molecule has 0 spiro atoms. The van der Waals surface area contributed by atoms with E-state index in [9.17, 15) is 42.9 Å². The van der Waals surface area contributed by atoms with E-state index in [1.165, 1.54) is 39.5 Å². The number of halogens is 2. The van der Waals surface area contributed by atoms with Crippen molar-refractivity contribution in [3.05, 3.63) is 274 Å². The molecule has 0 atom stereocenters. The Kier molecular flexibility index (Phi) is 35.9. The topological polar surface area (TPSA) is 526 Å². The van der Waals surface area contributed by atoms with Crippen LogP contribution < -0.4 is 83.0 Å². The van der Waals surface area contributed by atoms with E-state index < -0.39 is 16.6 Å². The zero-order valence-corrected chi connectivity index (χ0v) is 82.8. The molecule has 16 heterocycles. The van der Waals surface area contributed by atoms with Crippen LogP contribution in [0.5, 0.6) is 40.2 Å². The van der Waals surface area contributed by atoms with E-state index >= 15 is 0 Å². The summed E-state index contributed by atoms with van der Waals surface area (Å²) in [6.07, 6.45) is 25.4. The number of H-pyrrole nitrogens is 7. The predicted octanol–water partition coefficient (Wildman–Crippen LogP) is 11.8. The quantitative estimate of drug-likeness (QED) is 0.00439. The van der Waals surface area contributed by atoms with Crippen molar-refractivity contribution in [1.82, 2.24) is 79.7 Å². The molecule has 9 aromatic heterocycles. The number of nitrogens with one attached hydrogen (secondary N) is 8. The number of aldehydes is 1. The first-order valence-corrected chi connectivity index (χ1v) is 47.8. The van der Waals surface area contributed by atoms with Crippen LogP contribution >= 0.6 is 0 Å². The van der Waals surface area contributed by atoms with E-state index in [4.69, 9.17) is 53.8 Å². The number of carbonyl (C=O) groups excluding carboxylic acids is 5. The molecular formula is C101H116F2N28O17. The van der Waals surface area contributed by atoms with Gasteiger partial charge in [-0.25, -0.2) is 53.4 Å². The summed E-state index contributed by atoms with van der Waals surface area (Å²) in [4.78, 5) is 144. The number of aromatic amines is 7. The van der Waals surface area contributed by atoms with Gasteiger partial charge < -0.3 is 142 Å². The fraction of sp³-hybridized carbons (Fsp3) is 0.337. The molecule has 148 heavy (non-hydrogen) atoms. The summed E-state index contributed by atoms with van der Waals surface area (Å²) in [5, 5.41) is 18.2. The minimum atomic E-state index is -0.511. The number of fused-ring (bicyclic) bond motifs is 7. The number of rotatable bonds is 27. The van der Waals surface area contributed by atoms with Crippen LogP contribution in [-0.4, -0.2) is 247 Å². The van der Waals surface area contributed by atoms with Crippen molar-refractivity contribution in [2.24, 2.45) is 5.73 Å². The lowest BCUT2D eigenvalue weighted by Crippen LogP contribution is -2.34. The standard InChI is InChI=1S/C17H22N4O2.C16H20N4O3.C16H19N3O3.C14H14FN3O2.C14H16N4O3.C13H14FN5O.C11H11N5O3/c1-3-17(22)21(4-2)14-5-6-16-15(9-14)20(7-8-23-16)11-13-10-18-12-19-13;1-3-20(16(21)22-2)13-4-5-15-14(8-13)19(6-7-23-15)10-12-9-17-11-18-12;1-11-5-12(7-15(20)21-2)6-14-16(11)22-4-3-19(14)9-13-8-17-10-18-13;15-12-5-10(1-3-19)6-13-14(12)20-4-2-18(13)8-11-7-16-9-17-11;1-20-13(19)6-10-2-3-12-14(17-10)18(4-5-21-12)8-11-7-15-9-16-11;14-10-3-8(13(15)16)4-11-12(10)20-2-1-19(11)6-9-5-17-7-18-9;17-16(18)10-2-1-9-11(14-10)15(3-4-19-9)6-8-5-12-7-13-8/h5-6,9-10,12H,3-4,7-8,11H2,1-2H3,(H,18,19);4-5,8-9,11H,3,6-7,10H2,1-2H3,(H,17,18);5-6,8,10H,3-4,7,9H2,1-2H3,(H,17,18);3,5-7,9H,1-2,4,8H2,(H,16,17);2-3,7,9H,4-6,8H2,1H3,(H,15,16);3-5,7H,1-2,6H2,(H3,15,16)(H,17,18);1-2,5,7H,3-4,6H2,(H,12,13). The highest BCUT2D eigenvalue weighted by Gasteiger charge is 2.33. The summed E-state index contributed by atoms with van der Waals surface area (Å²) < 4.78 is 81.5. The molecule has 0 saturated heterocycles. The van der Waals surface area contributed by atoms with Crippen molar-refractivity contribution in [3.8, 4) is 40.2 Å². The number of amidine groups is 1. The Morgan fingerprint density at radius 3 is 1.21 bits per heavy atom. The molecular weight excluding hydrogens is 1920 g/mol. The third-order valence-electron chi connectivity index (χ3n) is 24.2. The summed E-state index contributed by atoms with van der Waals surface area (Å²) in [6, 6.07) is 28.3. The molecule has 0 saturated carbocycles. The average molecular weight is 2030 g/mol. The second kappa shape index (κ2) is 50.9. The number of benzene rings is 5. The van der Waals surface area contributed by atoms with Gasteiger partial charge in [-0.3, -0.25) is 24.7 Å². The van der Waals surface area contributed by atoms with E-state index in [1.54, 1.807) is 92.2 Å². The van der Waals surface area contributed by atoms with Crippen LogP contribution in [-0.2, 0) is 98.5 Å². The highest BCUT2D eigenvalue weighted by molar-refractivity contribution is 5.97. The van der Waals surface area contributed by atoms with Gasteiger partial charge in [0.15, 0.2) is 40.5 Å². The summed E-state index contributed by atoms with van der Waals surface area (Å²) in [7, 11) is 4.16. The second-order valence-corrected chi connectivity index (χ2v) is 34.1. The number of carbonyl (C=O) groups is 5. The molecule has 776 valence electrons. The Labute approximate surface area is 849 Å². The normalized spacial score (nSPS) is 13.5. The molecule has 7 aliphatic rings. The smallest absolute Gasteiger partial charge is 0.413 e. The van der Waals surface area contributed by atoms with Gasteiger partial charge in [0, 0.05) is 92.3 Å². The molecule has 47 heteroatoms. The lowest BCUT2D eigenvalue weighted by atomic mass is 10.0. The molecule has 21 rings (SSSR count). The summed E-state index contributed by atoms with van der Waals surface area (Å²) in [5.74, 6) is 3.89. The Morgan fingerprint density at radius 2 is 0.804 bits per heavy atom. The maximum Gasteiger partial charge on any atom is 0.413 e. The molecule has 7 aliphatic heterocycles. The maximum absolute atomic E-state index is 14.0. The fourth-order valence-electron chi connectivity index (χ4n) is 17.1. The summed E-state index contributed by atoms with van der Waals surface area (Å²) >= 11 is 0. The van der Waals surface area contributed by atoms with Gasteiger partial charge in [-0.2, -0.15) is 0 Å². The van der Waals surface area contributed by atoms with Gasteiger partial charge in [-0.05, 0) is 132 Å². The van der Waals surface area contributed by atoms with Crippen LogP contribution in [0, 0.1) is 34.1 Å². The van der Waals surface area contributed by atoms with Crippen LogP contribution in [0.4, 0.5) is 70.8 Å². The van der Waals surface area contributed by atoms with Gasteiger partial charge in [0.1, 0.15) is 75.6 Å². The van der Waals surface area contributed by atoms with Gasteiger partial charge in [-0.1, -0.05) is 13.0 Å². The lowest BCUT2D eigenvalue weighted by Gasteiger charge is -2.32. The average Bonchev–Trinajstić information content (AvgIpc) is 0.980. The molecule has 2 amide bonds. The number of pyridine rings is 2. The van der Waals surface area contributed by atoms with E-state index in [0.29, 0.717) is 158 Å². The van der Waals surface area contributed by atoms with E-state index in [2.05, 4.69) is 104 Å². The van der Waals surface area contributed by atoms with Gasteiger partial charge in [0.05, 0.1) is 244 Å². The van der Waals surface area contributed by atoms with Crippen molar-refractivity contribution >= 4 is 93.3 Å². The van der Waals surface area contributed by atoms with Crippen molar-refractivity contribution in [1.29, 1.82) is 5.41 Å². The minimum absolute atomic E-state index is 0.129. The molecule has 0 radical (unpaired) electrons. The minimum Gasteiger partial charge on any atom is -0.490 e. The Balaban J connectivity index is 0.000000129. The third kappa shape index (κ3) is 27.2. The fourth-order valence-corrected chi connectivity index (χ4v) is 17.1. The number of nitrogens with two attached hydrogens (primary N) is 1. The maximum atomic E-state index is 14.0. The number of nitrogens with zero attached hydrogens (tertiary/aromatic N) is 19. The van der Waals surface area contributed by atoms with Crippen LogP contribution in [0.25, 0.3) is 0 Å². The highest BCUT2D eigenvalue weighted by Crippen LogP contribution is 2.43. The molecule has 0 fully saturated rings. The molecule has 0 aliphatic carbocycles. The van der Waals surface area contributed by atoms with Crippen LogP contribution in [0.1, 0.15) is 95.0 Å². The highest BCUT2D eigenvalue weighted by atomic mass is 19.1. The van der Waals surface area contributed by atoms with Gasteiger partial charge in [0.2, 0.25) is 5.91 Å². The van der Waals surface area contributed by atoms with Crippen molar-refractivity contribution < 1.29 is 85.0 Å². The number of hydrogen-bond acceptors (Lipinski definition) is 34. The van der Waals surface area contributed by atoms with Gasteiger partial charge >= 0.3 is 23.8 Å². The number of imidazole rings is 7. The number of aryl methyl sites for hydroxylation is 1. The van der Waals surface area contributed by atoms with Crippen molar-refractivity contribution in [2.45, 2.75) is 99.2 Å². The summed E-state index contributed by atoms with van der Waals surface area (Å²) in [6.45, 7) is 22.5. The van der Waals surface area contributed by atoms with E-state index in [0.717, 1.165) is 154 Å². The largest absolute Gasteiger partial charge is 0.490 e. The lowest BCUT2D eigenvalue weighted by molar-refractivity contribution is -0.389. The van der Waals surface area contributed by atoms with E-state index in [-0.39, 0.29) is 66.4 Å². The first-order chi connectivity index (χ1) is 72.0. The van der Waals surface area contributed by atoms with E-state index in [1.807, 2.05) is 127 Å². The monoisotopic (exact) mass is 2030 g/mol. The Bertz CT molecular complexity index is 6610. The number of ether oxygens (including phenoxy) is 10. The molecule has 45 nitrogen and oxygen atoms in total. The van der Waals surface area contributed by atoms with Crippen LogP contribution in [0.2, 0.25) is 0 Å². The molecule has 5 aromatic carbocycles. The zero-order chi connectivity index (χ0) is 104. The van der Waals surface area contributed by atoms with Gasteiger partial charge in [-0.15, -0.1) is 0 Å². The SMILES string of the molecule is CCC(=O)N(CC)c1ccc2c(c1)N(Cc1cnc[nH]1)CCO2.CCN(C(=O)OC)c1ccc2c(c1)N(Cc1cnc[nH]1)CCO2.COC(=O)Cc1cc(C)c2c(c1)N(Cc1cnc[nH]1)CCO2.COC(=O)Cc1ccc2c(n1)N(Cc1cnc[nH]1)CCO2.N=C(N)c1cc(F)c2c(c1)N(Cc1cnc[nH]1)CCO2.O=CCc1cc(F)c2c(c1)N(Cc1cnc[nH]1)CCO2.O=[N+]([O-])c1ccc2c(n1)N(Cc1cnc[nH]1)CCO2. The summed E-state index contributed by atoms with van der Waals surface area (Å²) in [5.41, 5.74) is 22.0. The third-order valence-corrected chi connectivity index (χ3v) is 24.2. The van der Waals surface area contributed by atoms with Crippen molar-refractivity contribution in [2.75, 3.05) is 171 Å². The van der Waals surface area contributed by atoms with Gasteiger partial charge in [0.25, 0.3) is 5.82 Å². The molecule has 0 unspecified atom stereocenters. The number of hydrogen-bond donors (Lipinski definition) is 9. The number of nitro groups is 1. The molecule has 14 aromatic rings. The second-order valence-electron chi connectivity index (χ2n) is 34.1. The number of amides is 2. The first kappa shape index (κ1) is 104. The molecule has 0 bridgehead atoms. The van der Waals surface area contributed by atoms with Crippen LogP contribution in [0.3, 0.4) is 0 Å². The number of methoxy groups -OCH3 is 3.